The smallest absolute Gasteiger partial charge is 0.252 e. The molecule has 112 valence electrons. The minimum Gasteiger partial charge on any atom is -0.352 e. The van der Waals surface area contributed by atoms with Crippen LogP contribution in [0.1, 0.15) is 16.1 Å². The molecule has 0 saturated carbocycles. The van der Waals surface area contributed by atoms with E-state index < -0.39 is 0 Å². The van der Waals surface area contributed by atoms with Crippen LogP contribution in [-0.4, -0.2) is 22.4 Å². The van der Waals surface area contributed by atoms with Crippen molar-refractivity contribution in [1.29, 1.82) is 0 Å². The molecule has 0 unspecified atom stereocenters. The van der Waals surface area contributed by atoms with E-state index in [2.05, 4.69) is 31.2 Å². The van der Waals surface area contributed by atoms with E-state index in [9.17, 15) is 4.79 Å². The Morgan fingerprint density at radius 1 is 1.27 bits per heavy atom. The Labute approximate surface area is 140 Å². The van der Waals surface area contributed by atoms with Crippen molar-refractivity contribution in [2.75, 3.05) is 6.54 Å². The van der Waals surface area contributed by atoms with Crippen molar-refractivity contribution in [3.63, 3.8) is 0 Å². The number of H-pyrrole nitrogens is 1. The summed E-state index contributed by atoms with van der Waals surface area (Å²) in [7, 11) is 0. The molecular weight excluding hydrogens is 362 g/mol. The highest BCUT2D eigenvalue weighted by Crippen LogP contribution is 2.25. The number of hydrogen-bond acceptors (Lipinski definition) is 3. The molecule has 3 rings (SSSR count). The zero-order valence-corrected chi connectivity index (χ0v) is 14.1. The van der Waals surface area contributed by atoms with Crippen molar-refractivity contribution in [3.8, 4) is 10.6 Å². The number of carbonyl (C=O) groups excluding carboxylic acids is 1. The van der Waals surface area contributed by atoms with E-state index in [4.69, 9.17) is 0 Å². The molecule has 2 heterocycles. The van der Waals surface area contributed by atoms with E-state index in [1.54, 1.807) is 23.7 Å². The number of amides is 1. The molecule has 0 fully saturated rings. The molecule has 1 aromatic carbocycles. The standard InChI is InChI=1S/C16H14BrN3OS/c17-12-5-2-1-4-11(12)16(21)18-8-7-13-15(20-10-19-13)14-6-3-9-22-14/h1-6,9-10H,7-8H2,(H,18,21)(H,19,20). The van der Waals surface area contributed by atoms with Gasteiger partial charge in [0.2, 0.25) is 0 Å². The Morgan fingerprint density at radius 2 is 2.14 bits per heavy atom. The maximum atomic E-state index is 12.1. The highest BCUT2D eigenvalue weighted by atomic mass is 79.9. The Bertz CT molecular complexity index is 767. The first kappa shape index (κ1) is 15.0. The lowest BCUT2D eigenvalue weighted by Crippen LogP contribution is -2.26. The highest BCUT2D eigenvalue weighted by Gasteiger charge is 2.11. The summed E-state index contributed by atoms with van der Waals surface area (Å²) in [5.74, 6) is -0.0790. The van der Waals surface area contributed by atoms with E-state index in [0.717, 1.165) is 20.7 Å². The highest BCUT2D eigenvalue weighted by molar-refractivity contribution is 9.10. The summed E-state index contributed by atoms with van der Waals surface area (Å²) < 4.78 is 0.799. The van der Waals surface area contributed by atoms with Gasteiger partial charge in [0.25, 0.3) is 5.91 Å². The number of nitrogens with one attached hydrogen (secondary N) is 2. The van der Waals surface area contributed by atoms with E-state index in [-0.39, 0.29) is 5.91 Å². The third kappa shape index (κ3) is 3.28. The van der Waals surface area contributed by atoms with E-state index in [1.807, 2.05) is 35.7 Å². The van der Waals surface area contributed by atoms with Crippen molar-refractivity contribution < 1.29 is 4.79 Å². The van der Waals surface area contributed by atoms with E-state index in [0.29, 0.717) is 18.5 Å². The number of nitrogens with zero attached hydrogens (tertiary/aromatic N) is 1. The van der Waals surface area contributed by atoms with Gasteiger partial charge >= 0.3 is 0 Å². The molecule has 0 aliphatic carbocycles. The largest absolute Gasteiger partial charge is 0.352 e. The first-order chi connectivity index (χ1) is 10.8. The molecule has 0 radical (unpaired) electrons. The first-order valence-electron chi connectivity index (χ1n) is 6.84. The lowest BCUT2D eigenvalue weighted by atomic mass is 10.2. The molecule has 4 nitrogen and oxygen atoms in total. The summed E-state index contributed by atoms with van der Waals surface area (Å²) in [5, 5.41) is 4.97. The van der Waals surface area contributed by atoms with Gasteiger partial charge in [-0.2, -0.15) is 0 Å². The summed E-state index contributed by atoms with van der Waals surface area (Å²) in [6.07, 6.45) is 2.41. The van der Waals surface area contributed by atoms with E-state index in [1.165, 1.54) is 0 Å². The number of aromatic amines is 1. The number of imidazole rings is 1. The zero-order valence-electron chi connectivity index (χ0n) is 11.7. The van der Waals surface area contributed by atoms with Crippen LogP contribution >= 0.6 is 27.3 Å². The maximum Gasteiger partial charge on any atom is 0.252 e. The predicted octanol–water partition coefficient (Wildman–Crippen LogP) is 3.87. The number of rotatable bonds is 5. The molecule has 2 aromatic heterocycles. The van der Waals surface area contributed by atoms with Gasteiger partial charge < -0.3 is 10.3 Å². The number of benzene rings is 1. The third-order valence-corrected chi connectivity index (χ3v) is 4.82. The Balaban J connectivity index is 1.62. The average Bonchev–Trinajstić information content (AvgIpc) is 3.18. The predicted molar refractivity (Wildman–Crippen MR) is 92.1 cm³/mol. The fraction of sp³-hybridized carbons (Fsp3) is 0.125. The van der Waals surface area contributed by atoms with Gasteiger partial charge in [-0.1, -0.05) is 18.2 Å². The average molecular weight is 376 g/mol. The number of halogens is 1. The normalized spacial score (nSPS) is 10.6. The van der Waals surface area contributed by atoms with Gasteiger partial charge in [0.1, 0.15) is 5.69 Å². The molecule has 22 heavy (non-hydrogen) atoms. The number of carbonyl (C=O) groups is 1. The molecule has 0 saturated heterocycles. The lowest BCUT2D eigenvalue weighted by Gasteiger charge is -2.06. The molecule has 2 N–H and O–H groups in total. The first-order valence-corrected chi connectivity index (χ1v) is 8.52. The van der Waals surface area contributed by atoms with Crippen molar-refractivity contribution in [3.05, 3.63) is 63.8 Å². The van der Waals surface area contributed by atoms with Crippen LogP contribution in [0.5, 0.6) is 0 Å². The maximum absolute atomic E-state index is 12.1. The topological polar surface area (TPSA) is 57.8 Å². The van der Waals surface area contributed by atoms with Crippen LogP contribution in [0.4, 0.5) is 0 Å². The third-order valence-electron chi connectivity index (χ3n) is 3.25. The molecule has 0 atom stereocenters. The van der Waals surface area contributed by atoms with Gasteiger partial charge in [-0.05, 0) is 39.5 Å². The zero-order chi connectivity index (χ0) is 15.4. The molecule has 6 heteroatoms. The van der Waals surface area contributed by atoms with Crippen LogP contribution in [0.3, 0.4) is 0 Å². The monoisotopic (exact) mass is 375 g/mol. The molecular formula is C16H14BrN3OS. The Kier molecular flexibility index (Phi) is 4.70. The van der Waals surface area contributed by atoms with E-state index >= 15 is 0 Å². The van der Waals surface area contributed by atoms with Crippen LogP contribution in [0.25, 0.3) is 10.6 Å². The summed E-state index contributed by atoms with van der Waals surface area (Å²) in [4.78, 5) is 20.8. The summed E-state index contributed by atoms with van der Waals surface area (Å²) in [6.45, 7) is 0.556. The summed E-state index contributed by atoms with van der Waals surface area (Å²) in [6, 6.07) is 11.4. The van der Waals surface area contributed by atoms with Gasteiger partial charge in [-0.15, -0.1) is 11.3 Å². The SMILES string of the molecule is O=C(NCCc1[nH]cnc1-c1cccs1)c1ccccc1Br. The van der Waals surface area contributed by atoms with Crippen molar-refractivity contribution in [2.24, 2.45) is 0 Å². The number of aromatic nitrogens is 2. The second kappa shape index (κ2) is 6.89. The molecule has 0 spiro atoms. The molecule has 0 aliphatic rings. The lowest BCUT2D eigenvalue weighted by molar-refractivity contribution is 0.0953. The van der Waals surface area contributed by atoms with Crippen LogP contribution < -0.4 is 5.32 Å². The second-order valence-corrected chi connectivity index (χ2v) is 6.49. The Morgan fingerprint density at radius 3 is 2.91 bits per heavy atom. The van der Waals surface area contributed by atoms with Gasteiger partial charge in [-0.3, -0.25) is 4.79 Å². The summed E-state index contributed by atoms with van der Waals surface area (Å²) >= 11 is 5.05. The minimum atomic E-state index is -0.0790. The molecule has 0 aliphatic heterocycles. The fourth-order valence-corrected chi connectivity index (χ4v) is 3.39. The second-order valence-electron chi connectivity index (χ2n) is 4.69. The van der Waals surface area contributed by atoms with Crippen molar-refractivity contribution >= 4 is 33.2 Å². The number of hydrogen-bond donors (Lipinski definition) is 2. The van der Waals surface area contributed by atoms with Crippen molar-refractivity contribution in [1.82, 2.24) is 15.3 Å². The molecule has 0 bridgehead atoms. The number of thiophene rings is 1. The fourth-order valence-electron chi connectivity index (χ4n) is 2.18. The molecule has 1 amide bonds. The summed E-state index contributed by atoms with van der Waals surface area (Å²) in [5.41, 5.74) is 2.64. The van der Waals surface area contributed by atoms with Gasteiger partial charge in [0.15, 0.2) is 0 Å². The van der Waals surface area contributed by atoms with Crippen LogP contribution in [0, 0.1) is 0 Å². The quantitative estimate of drug-likeness (QED) is 0.710. The molecule has 3 aromatic rings. The van der Waals surface area contributed by atoms with Crippen LogP contribution in [-0.2, 0) is 6.42 Å². The Hall–Kier alpha value is -1.92. The van der Waals surface area contributed by atoms with Crippen molar-refractivity contribution in [2.45, 2.75) is 6.42 Å². The van der Waals surface area contributed by atoms with Gasteiger partial charge in [0.05, 0.1) is 16.8 Å². The minimum absolute atomic E-state index is 0.0790. The van der Waals surface area contributed by atoms with Gasteiger partial charge in [0, 0.05) is 23.1 Å². The van der Waals surface area contributed by atoms with Gasteiger partial charge in [-0.25, -0.2) is 4.98 Å². The van der Waals surface area contributed by atoms with Crippen LogP contribution in [0.15, 0.2) is 52.6 Å². The van der Waals surface area contributed by atoms with Crippen LogP contribution in [0.2, 0.25) is 0 Å².